The number of rotatable bonds is 2. The van der Waals surface area contributed by atoms with E-state index < -0.39 is 17.9 Å². The summed E-state index contributed by atoms with van der Waals surface area (Å²) in [6, 6.07) is 0.917. The van der Waals surface area contributed by atoms with Gasteiger partial charge in [0.15, 0.2) is 0 Å². The van der Waals surface area contributed by atoms with Crippen molar-refractivity contribution in [3.63, 3.8) is 0 Å². The molecule has 0 aromatic carbocycles. The average Bonchev–Trinajstić information content (AvgIpc) is 2.53. The summed E-state index contributed by atoms with van der Waals surface area (Å²) in [4.78, 5) is 21.2. The van der Waals surface area contributed by atoms with Gasteiger partial charge in [0.2, 0.25) is 0 Å². The second-order valence-corrected chi connectivity index (χ2v) is 5.67. The maximum Gasteiger partial charge on any atom is 0.320 e. The van der Waals surface area contributed by atoms with Gasteiger partial charge in [0.1, 0.15) is 11.6 Å². The van der Waals surface area contributed by atoms with E-state index in [1.807, 2.05) is 6.07 Å². The standard InChI is InChI=1S/C16H18FN5O/c1-9(18)14-12(7-20-8-13(14)17)11-5-10-3-2-4-22(16(19)23)15(10)21-6-11/h5-9H,2-4,18H2,1H3,(H2,19,23)/t9-/m1/s1. The molecule has 3 rings (SSSR count). The number of aromatic nitrogens is 2. The third-order valence-corrected chi connectivity index (χ3v) is 4.00. The lowest BCUT2D eigenvalue weighted by molar-refractivity contribution is 0.253. The third-order valence-electron chi connectivity index (χ3n) is 4.00. The van der Waals surface area contributed by atoms with Gasteiger partial charge in [0, 0.05) is 41.7 Å². The first-order valence-corrected chi connectivity index (χ1v) is 7.44. The number of nitrogens with zero attached hydrogens (tertiary/aromatic N) is 3. The molecule has 0 saturated heterocycles. The molecule has 0 unspecified atom stereocenters. The number of carbonyl (C=O) groups is 1. The molecular weight excluding hydrogens is 297 g/mol. The fraction of sp³-hybridized carbons (Fsp3) is 0.312. The van der Waals surface area contributed by atoms with Gasteiger partial charge in [-0.05, 0) is 31.4 Å². The predicted octanol–water partition coefficient (Wildman–Crippen LogP) is 2.13. The van der Waals surface area contributed by atoms with Crippen LogP contribution in [-0.2, 0) is 6.42 Å². The van der Waals surface area contributed by atoms with Crippen LogP contribution in [-0.4, -0.2) is 22.5 Å². The zero-order valence-corrected chi connectivity index (χ0v) is 12.8. The fourth-order valence-electron chi connectivity index (χ4n) is 2.96. The van der Waals surface area contributed by atoms with Crippen molar-refractivity contribution in [2.75, 3.05) is 11.4 Å². The van der Waals surface area contributed by atoms with Crippen LogP contribution in [0.15, 0.2) is 24.7 Å². The first-order valence-electron chi connectivity index (χ1n) is 7.44. The van der Waals surface area contributed by atoms with Crippen molar-refractivity contribution in [1.29, 1.82) is 0 Å². The van der Waals surface area contributed by atoms with E-state index in [2.05, 4.69) is 9.97 Å². The maximum absolute atomic E-state index is 14.1. The summed E-state index contributed by atoms with van der Waals surface area (Å²) >= 11 is 0. The van der Waals surface area contributed by atoms with Crippen LogP contribution in [0.3, 0.4) is 0 Å². The Morgan fingerprint density at radius 1 is 1.39 bits per heavy atom. The van der Waals surface area contributed by atoms with E-state index in [-0.39, 0.29) is 0 Å². The lowest BCUT2D eigenvalue weighted by Gasteiger charge is -2.27. The van der Waals surface area contributed by atoms with Crippen LogP contribution in [0.2, 0.25) is 0 Å². The van der Waals surface area contributed by atoms with Crippen molar-refractivity contribution in [3.05, 3.63) is 41.6 Å². The van der Waals surface area contributed by atoms with Crippen molar-refractivity contribution < 1.29 is 9.18 Å². The molecule has 1 aliphatic rings. The number of anilines is 1. The highest BCUT2D eigenvalue weighted by Crippen LogP contribution is 2.32. The molecule has 6 nitrogen and oxygen atoms in total. The lowest BCUT2D eigenvalue weighted by atomic mass is 9.96. The van der Waals surface area contributed by atoms with Gasteiger partial charge in [-0.15, -0.1) is 0 Å². The van der Waals surface area contributed by atoms with Crippen LogP contribution >= 0.6 is 0 Å². The van der Waals surface area contributed by atoms with Crippen molar-refractivity contribution >= 4 is 11.8 Å². The van der Waals surface area contributed by atoms with Crippen LogP contribution < -0.4 is 16.4 Å². The predicted molar refractivity (Wildman–Crippen MR) is 85.3 cm³/mol. The molecule has 4 N–H and O–H groups in total. The Morgan fingerprint density at radius 2 is 2.17 bits per heavy atom. The van der Waals surface area contributed by atoms with E-state index in [4.69, 9.17) is 11.5 Å². The molecule has 0 spiro atoms. The summed E-state index contributed by atoms with van der Waals surface area (Å²) in [5.74, 6) is 0.133. The number of nitrogens with two attached hydrogens (primary N) is 2. The number of amides is 2. The van der Waals surface area contributed by atoms with Gasteiger partial charge in [-0.25, -0.2) is 14.2 Å². The monoisotopic (exact) mass is 315 g/mol. The molecule has 2 amide bonds. The molecule has 0 bridgehead atoms. The van der Waals surface area contributed by atoms with Crippen molar-refractivity contribution in [1.82, 2.24) is 9.97 Å². The van der Waals surface area contributed by atoms with E-state index in [0.29, 0.717) is 23.5 Å². The quantitative estimate of drug-likeness (QED) is 0.887. The summed E-state index contributed by atoms with van der Waals surface area (Å²) in [6.07, 6.45) is 5.93. The summed E-state index contributed by atoms with van der Waals surface area (Å²) in [7, 11) is 0. The minimum atomic E-state index is -0.519. The number of aryl methyl sites for hydroxylation is 1. The van der Waals surface area contributed by atoms with E-state index in [9.17, 15) is 9.18 Å². The number of hydrogen-bond acceptors (Lipinski definition) is 4. The number of fused-ring (bicyclic) bond motifs is 1. The van der Waals surface area contributed by atoms with Gasteiger partial charge >= 0.3 is 6.03 Å². The highest BCUT2D eigenvalue weighted by atomic mass is 19.1. The van der Waals surface area contributed by atoms with Crippen molar-refractivity contribution in [2.45, 2.75) is 25.8 Å². The Balaban J connectivity index is 2.10. The smallest absolute Gasteiger partial charge is 0.320 e. The van der Waals surface area contributed by atoms with Gasteiger partial charge in [-0.1, -0.05) is 0 Å². The maximum atomic E-state index is 14.1. The lowest BCUT2D eigenvalue weighted by Crippen LogP contribution is -2.40. The molecule has 0 saturated carbocycles. The number of urea groups is 1. The summed E-state index contributed by atoms with van der Waals surface area (Å²) in [5.41, 5.74) is 13.9. The molecule has 2 aromatic rings. The molecule has 1 atom stereocenters. The van der Waals surface area contributed by atoms with Gasteiger partial charge < -0.3 is 11.5 Å². The van der Waals surface area contributed by atoms with Gasteiger partial charge in [-0.2, -0.15) is 0 Å². The molecule has 0 aliphatic carbocycles. The molecule has 120 valence electrons. The molecule has 7 heteroatoms. The Labute approximate surface area is 133 Å². The molecule has 0 radical (unpaired) electrons. The summed E-state index contributed by atoms with van der Waals surface area (Å²) in [5, 5.41) is 0. The normalized spacial score (nSPS) is 15.2. The molecule has 23 heavy (non-hydrogen) atoms. The van der Waals surface area contributed by atoms with Gasteiger partial charge in [0.25, 0.3) is 0 Å². The first kappa shape index (κ1) is 15.4. The Kier molecular flexibility index (Phi) is 3.96. The Hall–Kier alpha value is -2.54. The highest BCUT2D eigenvalue weighted by Gasteiger charge is 2.23. The first-order chi connectivity index (χ1) is 11.0. The van der Waals surface area contributed by atoms with Crippen LogP contribution in [0.25, 0.3) is 11.1 Å². The van der Waals surface area contributed by atoms with Crippen molar-refractivity contribution in [2.24, 2.45) is 11.5 Å². The summed E-state index contributed by atoms with van der Waals surface area (Å²) in [6.45, 7) is 2.28. The topological polar surface area (TPSA) is 98.1 Å². The van der Waals surface area contributed by atoms with Gasteiger partial charge in [0.05, 0.1) is 6.20 Å². The largest absolute Gasteiger partial charge is 0.351 e. The Bertz CT molecular complexity index is 762. The molecular formula is C16H18FN5O. The van der Waals surface area contributed by atoms with Crippen molar-refractivity contribution in [3.8, 4) is 11.1 Å². The second-order valence-electron chi connectivity index (χ2n) is 5.67. The molecule has 1 aliphatic heterocycles. The summed E-state index contributed by atoms with van der Waals surface area (Å²) < 4.78 is 14.1. The molecule has 0 fully saturated rings. The van der Waals surface area contributed by atoms with Crippen LogP contribution in [0.5, 0.6) is 0 Å². The number of carbonyl (C=O) groups excluding carboxylic acids is 1. The van der Waals surface area contributed by atoms with E-state index in [1.165, 1.54) is 4.90 Å². The number of hydrogen-bond donors (Lipinski definition) is 2. The number of halogens is 1. The van der Waals surface area contributed by atoms with E-state index >= 15 is 0 Å². The van der Waals surface area contributed by atoms with E-state index in [1.54, 1.807) is 19.3 Å². The molecule has 2 aromatic heterocycles. The third kappa shape index (κ3) is 2.75. The van der Waals surface area contributed by atoms with Crippen LogP contribution in [0.4, 0.5) is 15.0 Å². The van der Waals surface area contributed by atoms with Gasteiger partial charge in [-0.3, -0.25) is 9.88 Å². The highest BCUT2D eigenvalue weighted by molar-refractivity contribution is 5.91. The van der Waals surface area contributed by atoms with E-state index in [0.717, 1.165) is 30.2 Å². The zero-order valence-electron chi connectivity index (χ0n) is 12.8. The number of pyridine rings is 2. The second kappa shape index (κ2) is 5.92. The minimum absolute atomic E-state index is 0.407. The zero-order chi connectivity index (χ0) is 16.6. The van der Waals surface area contributed by atoms with Crippen LogP contribution in [0.1, 0.15) is 30.5 Å². The fourth-order valence-corrected chi connectivity index (χ4v) is 2.96. The Morgan fingerprint density at radius 3 is 2.87 bits per heavy atom. The average molecular weight is 315 g/mol. The van der Waals surface area contributed by atoms with Crippen LogP contribution in [0, 0.1) is 5.82 Å². The SMILES string of the molecule is C[C@@H](N)c1c(F)cncc1-c1cnc2c(c1)CCCN2C(N)=O. The molecule has 3 heterocycles. The minimum Gasteiger partial charge on any atom is -0.351 e. The number of primary amides is 1.